The van der Waals surface area contributed by atoms with Gasteiger partial charge in [-0.25, -0.2) is 0 Å². The van der Waals surface area contributed by atoms with Gasteiger partial charge >= 0.3 is 0 Å². The SMILES string of the molecule is CCCN(CC(C)(C)CN)C(C)c1csc(Cl)c1. The maximum atomic E-state index is 6.03. The fourth-order valence-electron chi connectivity index (χ4n) is 2.06. The van der Waals surface area contributed by atoms with Crippen LogP contribution < -0.4 is 5.73 Å². The van der Waals surface area contributed by atoms with Gasteiger partial charge in [-0.2, -0.15) is 0 Å². The van der Waals surface area contributed by atoms with Gasteiger partial charge in [0.15, 0.2) is 0 Å². The largest absolute Gasteiger partial charge is 0.330 e. The fourth-order valence-corrected chi connectivity index (χ4v) is 3.04. The second-order valence-electron chi connectivity index (χ2n) is 5.70. The van der Waals surface area contributed by atoms with E-state index >= 15 is 0 Å². The molecular weight excluding hydrogens is 264 g/mol. The summed E-state index contributed by atoms with van der Waals surface area (Å²) in [4.78, 5) is 2.51. The van der Waals surface area contributed by atoms with Crippen LogP contribution in [0.4, 0.5) is 0 Å². The molecule has 2 nitrogen and oxygen atoms in total. The molecule has 2 N–H and O–H groups in total. The van der Waals surface area contributed by atoms with E-state index in [0.717, 1.165) is 23.8 Å². The molecule has 104 valence electrons. The first kappa shape index (κ1) is 16.0. The smallest absolute Gasteiger partial charge is 0.0931 e. The minimum atomic E-state index is 0.156. The third-order valence-corrected chi connectivity index (χ3v) is 4.42. The molecule has 0 radical (unpaired) electrons. The van der Waals surface area contributed by atoms with Crippen molar-refractivity contribution in [3.63, 3.8) is 0 Å². The summed E-state index contributed by atoms with van der Waals surface area (Å²) in [7, 11) is 0. The first-order valence-electron chi connectivity index (χ1n) is 6.57. The minimum absolute atomic E-state index is 0.156. The molecule has 0 saturated carbocycles. The molecule has 1 unspecified atom stereocenters. The molecule has 0 spiro atoms. The Hall–Kier alpha value is -0.0900. The van der Waals surface area contributed by atoms with Crippen LogP contribution in [0.1, 0.15) is 45.7 Å². The summed E-state index contributed by atoms with van der Waals surface area (Å²) in [6.07, 6.45) is 1.16. The van der Waals surface area contributed by atoms with Gasteiger partial charge in [-0.15, -0.1) is 11.3 Å². The minimum Gasteiger partial charge on any atom is -0.330 e. The monoisotopic (exact) mass is 288 g/mol. The van der Waals surface area contributed by atoms with Gasteiger partial charge in [0.2, 0.25) is 0 Å². The molecule has 0 fully saturated rings. The van der Waals surface area contributed by atoms with E-state index in [9.17, 15) is 0 Å². The molecule has 1 aromatic rings. The standard InChI is InChI=1S/C14H25ClN2S/c1-5-6-17(10-14(3,4)9-16)11(2)12-7-13(15)18-8-12/h7-8,11H,5-6,9-10,16H2,1-4H3. The highest BCUT2D eigenvalue weighted by Gasteiger charge is 2.24. The second-order valence-corrected chi connectivity index (χ2v) is 7.24. The third kappa shape index (κ3) is 4.54. The van der Waals surface area contributed by atoms with Crippen molar-refractivity contribution in [1.29, 1.82) is 0 Å². The van der Waals surface area contributed by atoms with Crippen LogP contribution in [-0.4, -0.2) is 24.5 Å². The van der Waals surface area contributed by atoms with Crippen molar-refractivity contribution in [3.8, 4) is 0 Å². The Morgan fingerprint density at radius 1 is 1.50 bits per heavy atom. The van der Waals surface area contributed by atoms with E-state index in [1.165, 1.54) is 5.56 Å². The molecule has 1 heterocycles. The quantitative estimate of drug-likeness (QED) is 0.816. The highest BCUT2D eigenvalue weighted by atomic mass is 35.5. The van der Waals surface area contributed by atoms with Crippen LogP contribution in [0, 0.1) is 5.41 Å². The van der Waals surface area contributed by atoms with E-state index in [0.29, 0.717) is 12.6 Å². The zero-order valence-corrected chi connectivity index (χ0v) is 13.4. The Kier molecular flexibility index (Phi) is 6.12. The molecule has 1 aromatic heterocycles. The van der Waals surface area contributed by atoms with Gasteiger partial charge in [-0.3, -0.25) is 4.90 Å². The summed E-state index contributed by atoms with van der Waals surface area (Å²) in [6.45, 7) is 11.7. The third-order valence-electron chi connectivity index (χ3n) is 3.31. The Balaban J connectivity index is 2.78. The van der Waals surface area contributed by atoms with Crippen molar-refractivity contribution in [3.05, 3.63) is 21.3 Å². The van der Waals surface area contributed by atoms with E-state index < -0.39 is 0 Å². The van der Waals surface area contributed by atoms with Gasteiger partial charge in [0.05, 0.1) is 4.34 Å². The van der Waals surface area contributed by atoms with Crippen molar-refractivity contribution < 1.29 is 0 Å². The van der Waals surface area contributed by atoms with Crippen LogP contribution in [0.15, 0.2) is 11.4 Å². The Morgan fingerprint density at radius 2 is 2.17 bits per heavy atom. The van der Waals surface area contributed by atoms with Crippen LogP contribution >= 0.6 is 22.9 Å². The van der Waals surface area contributed by atoms with E-state index in [1.54, 1.807) is 11.3 Å². The van der Waals surface area contributed by atoms with Crippen molar-refractivity contribution >= 4 is 22.9 Å². The molecule has 0 aliphatic heterocycles. The molecule has 1 atom stereocenters. The maximum absolute atomic E-state index is 6.03. The zero-order chi connectivity index (χ0) is 13.8. The van der Waals surface area contributed by atoms with E-state index in [1.807, 2.05) is 0 Å². The van der Waals surface area contributed by atoms with Crippen molar-refractivity contribution in [2.75, 3.05) is 19.6 Å². The van der Waals surface area contributed by atoms with Crippen molar-refractivity contribution in [1.82, 2.24) is 4.90 Å². The molecular formula is C14H25ClN2S. The normalized spacial score (nSPS) is 14.2. The van der Waals surface area contributed by atoms with Gasteiger partial charge in [0.25, 0.3) is 0 Å². The zero-order valence-electron chi connectivity index (χ0n) is 11.9. The lowest BCUT2D eigenvalue weighted by molar-refractivity contribution is 0.141. The molecule has 18 heavy (non-hydrogen) atoms. The molecule has 0 saturated heterocycles. The average molecular weight is 289 g/mol. The van der Waals surface area contributed by atoms with Gasteiger partial charge in [0.1, 0.15) is 0 Å². The molecule has 1 rings (SSSR count). The van der Waals surface area contributed by atoms with Crippen molar-refractivity contribution in [2.45, 2.75) is 40.2 Å². The van der Waals surface area contributed by atoms with Crippen LogP contribution in [0.2, 0.25) is 4.34 Å². The number of hydrogen-bond acceptors (Lipinski definition) is 3. The topological polar surface area (TPSA) is 29.3 Å². The summed E-state index contributed by atoms with van der Waals surface area (Å²) in [5, 5.41) is 2.16. The Morgan fingerprint density at radius 3 is 2.61 bits per heavy atom. The summed E-state index contributed by atoms with van der Waals surface area (Å²) in [5.41, 5.74) is 7.32. The first-order valence-corrected chi connectivity index (χ1v) is 7.83. The van der Waals surface area contributed by atoms with Crippen LogP contribution in [0.25, 0.3) is 0 Å². The van der Waals surface area contributed by atoms with Gasteiger partial charge in [-0.05, 0) is 48.9 Å². The highest BCUT2D eigenvalue weighted by Crippen LogP contribution is 2.30. The molecule has 0 aliphatic carbocycles. The number of halogens is 1. The molecule has 4 heteroatoms. The molecule has 0 aliphatic rings. The number of nitrogens with two attached hydrogens (primary N) is 1. The van der Waals surface area contributed by atoms with Gasteiger partial charge in [0, 0.05) is 12.6 Å². The van der Waals surface area contributed by atoms with E-state index in [4.69, 9.17) is 17.3 Å². The number of thiophene rings is 1. The average Bonchev–Trinajstić information content (AvgIpc) is 2.74. The van der Waals surface area contributed by atoms with Gasteiger partial charge in [-0.1, -0.05) is 32.4 Å². The lowest BCUT2D eigenvalue weighted by Gasteiger charge is -2.35. The summed E-state index contributed by atoms with van der Waals surface area (Å²) < 4.78 is 0.867. The lowest BCUT2D eigenvalue weighted by atomic mass is 9.92. The maximum Gasteiger partial charge on any atom is 0.0931 e. The predicted octanol–water partition coefficient (Wildman–Crippen LogP) is 4.16. The second kappa shape index (κ2) is 6.90. The highest BCUT2D eigenvalue weighted by molar-refractivity contribution is 7.14. The van der Waals surface area contributed by atoms with Crippen LogP contribution in [-0.2, 0) is 0 Å². The van der Waals surface area contributed by atoms with Crippen LogP contribution in [0.3, 0.4) is 0 Å². The molecule has 0 aromatic carbocycles. The number of rotatable bonds is 7. The van der Waals surface area contributed by atoms with E-state index in [-0.39, 0.29) is 5.41 Å². The van der Waals surface area contributed by atoms with Gasteiger partial charge < -0.3 is 5.73 Å². The van der Waals surface area contributed by atoms with E-state index in [2.05, 4.69) is 44.0 Å². The lowest BCUT2D eigenvalue weighted by Crippen LogP contribution is -2.40. The summed E-state index contributed by atoms with van der Waals surface area (Å²) in [5.74, 6) is 0. The first-order chi connectivity index (χ1) is 8.39. The Labute approximate surface area is 120 Å². The molecule has 0 bridgehead atoms. The fraction of sp³-hybridized carbons (Fsp3) is 0.714. The number of nitrogens with zero attached hydrogens (tertiary/aromatic N) is 1. The Bertz CT molecular complexity index is 362. The van der Waals surface area contributed by atoms with Crippen molar-refractivity contribution in [2.24, 2.45) is 11.1 Å². The van der Waals surface area contributed by atoms with Crippen LogP contribution in [0.5, 0.6) is 0 Å². The summed E-state index contributed by atoms with van der Waals surface area (Å²) in [6, 6.07) is 2.48. The summed E-state index contributed by atoms with van der Waals surface area (Å²) >= 11 is 7.63. The number of hydrogen-bond donors (Lipinski definition) is 1. The molecule has 0 amide bonds. The predicted molar refractivity (Wildman–Crippen MR) is 82.4 cm³/mol.